The number of aromatic nitrogens is 3. The Labute approximate surface area is 159 Å². The van der Waals surface area contributed by atoms with Crippen LogP contribution in [0, 0.1) is 0 Å². The number of aliphatic hydroxyl groups is 1. The molecule has 2 aromatic heterocycles. The molecular formula is C19H27ClN4O2. The van der Waals surface area contributed by atoms with Crippen LogP contribution in [-0.4, -0.2) is 39.2 Å². The molecule has 6 nitrogen and oxygen atoms in total. The Kier molecular flexibility index (Phi) is 6.88. The van der Waals surface area contributed by atoms with Gasteiger partial charge in [0.1, 0.15) is 5.82 Å². The van der Waals surface area contributed by atoms with Crippen LogP contribution in [0.5, 0.6) is 0 Å². The molecule has 2 fully saturated rings. The van der Waals surface area contributed by atoms with Gasteiger partial charge in [0.15, 0.2) is 0 Å². The fourth-order valence-corrected chi connectivity index (χ4v) is 3.63. The number of nitrogens with two attached hydrogens (primary N) is 1. The third-order valence-corrected chi connectivity index (χ3v) is 5.18. The summed E-state index contributed by atoms with van der Waals surface area (Å²) in [7, 11) is 0. The number of aliphatic hydroxyl groups excluding tert-OH is 1. The molecule has 1 unspecified atom stereocenters. The molecule has 1 aliphatic heterocycles. The normalized spacial score (nSPS) is 21.1. The lowest BCUT2D eigenvalue weighted by Crippen LogP contribution is -2.21. The maximum atomic E-state index is 8.78. The van der Waals surface area contributed by atoms with Crippen molar-refractivity contribution in [3.05, 3.63) is 29.7 Å². The average Bonchev–Trinajstić information content (AvgIpc) is 3.16. The minimum Gasteiger partial charge on any atom is -0.391 e. The van der Waals surface area contributed by atoms with E-state index in [-0.39, 0.29) is 6.10 Å². The lowest BCUT2D eigenvalue weighted by molar-refractivity contribution is -0.00535. The molecule has 0 spiro atoms. The van der Waals surface area contributed by atoms with E-state index in [1.165, 1.54) is 32.1 Å². The second-order valence-corrected chi connectivity index (χ2v) is 7.37. The first-order valence-corrected chi connectivity index (χ1v) is 9.72. The van der Waals surface area contributed by atoms with Gasteiger partial charge in [0, 0.05) is 30.1 Å². The van der Waals surface area contributed by atoms with E-state index in [9.17, 15) is 0 Å². The van der Waals surface area contributed by atoms with E-state index in [2.05, 4.69) is 21.0 Å². The molecular weight excluding hydrogens is 352 g/mol. The number of rotatable bonds is 2. The summed E-state index contributed by atoms with van der Waals surface area (Å²) in [5, 5.41) is 13.9. The van der Waals surface area contributed by atoms with Crippen LogP contribution < -0.4 is 5.73 Å². The van der Waals surface area contributed by atoms with E-state index in [0.29, 0.717) is 23.5 Å². The Hall–Kier alpha value is -1.63. The van der Waals surface area contributed by atoms with Gasteiger partial charge in [-0.1, -0.05) is 30.9 Å². The van der Waals surface area contributed by atoms with E-state index < -0.39 is 0 Å². The molecule has 0 aromatic carbocycles. The predicted octanol–water partition coefficient (Wildman–Crippen LogP) is 3.84. The van der Waals surface area contributed by atoms with Crippen LogP contribution in [0.15, 0.2) is 24.7 Å². The average molecular weight is 379 g/mol. The van der Waals surface area contributed by atoms with E-state index >= 15 is 0 Å². The minimum atomic E-state index is -0.186. The van der Waals surface area contributed by atoms with E-state index in [1.54, 1.807) is 12.3 Å². The highest BCUT2D eigenvalue weighted by Crippen LogP contribution is 2.32. The number of nitrogen functional groups attached to an aromatic ring is 1. The van der Waals surface area contributed by atoms with Crippen molar-refractivity contribution in [1.29, 1.82) is 0 Å². The highest BCUT2D eigenvalue weighted by Gasteiger charge is 2.17. The predicted molar refractivity (Wildman–Crippen MR) is 103 cm³/mol. The van der Waals surface area contributed by atoms with Crippen molar-refractivity contribution >= 4 is 17.4 Å². The lowest BCUT2D eigenvalue weighted by Gasteiger charge is -2.21. The zero-order chi connectivity index (χ0) is 18.4. The summed E-state index contributed by atoms with van der Waals surface area (Å²) in [5.74, 6) is 0.477. The van der Waals surface area contributed by atoms with Crippen molar-refractivity contribution in [2.45, 2.75) is 57.1 Å². The Morgan fingerprint density at radius 3 is 2.62 bits per heavy atom. The molecule has 1 atom stereocenters. The molecule has 1 saturated carbocycles. The minimum absolute atomic E-state index is 0.186. The topological polar surface area (TPSA) is 86.2 Å². The van der Waals surface area contributed by atoms with E-state index in [0.717, 1.165) is 30.6 Å². The van der Waals surface area contributed by atoms with Crippen LogP contribution in [0.2, 0.25) is 5.02 Å². The molecule has 7 heteroatoms. The van der Waals surface area contributed by atoms with Crippen LogP contribution in [-0.2, 0) is 4.74 Å². The maximum absolute atomic E-state index is 8.78. The summed E-state index contributed by atoms with van der Waals surface area (Å²) in [6, 6.07) is 2.32. The van der Waals surface area contributed by atoms with Crippen LogP contribution >= 0.6 is 11.6 Å². The largest absolute Gasteiger partial charge is 0.391 e. The first-order chi connectivity index (χ1) is 12.6. The van der Waals surface area contributed by atoms with Crippen LogP contribution in [0.3, 0.4) is 0 Å². The van der Waals surface area contributed by atoms with Crippen molar-refractivity contribution in [2.75, 3.05) is 18.9 Å². The molecule has 1 saturated heterocycles. The quantitative estimate of drug-likeness (QED) is 0.829. The molecule has 26 heavy (non-hydrogen) atoms. The summed E-state index contributed by atoms with van der Waals surface area (Å²) >= 11 is 6.17. The zero-order valence-electron chi connectivity index (χ0n) is 15.0. The van der Waals surface area contributed by atoms with Gasteiger partial charge >= 0.3 is 0 Å². The van der Waals surface area contributed by atoms with Gasteiger partial charge in [0.05, 0.1) is 30.0 Å². The van der Waals surface area contributed by atoms with E-state index in [1.807, 2.05) is 6.20 Å². The first-order valence-electron chi connectivity index (χ1n) is 9.35. The molecule has 3 N–H and O–H groups in total. The van der Waals surface area contributed by atoms with Crippen LogP contribution in [0.25, 0.3) is 11.1 Å². The number of hydrogen-bond donors (Lipinski definition) is 2. The number of hydrogen-bond acceptors (Lipinski definition) is 5. The summed E-state index contributed by atoms with van der Waals surface area (Å²) in [6.07, 6.45) is 13.6. The van der Waals surface area contributed by atoms with Crippen LogP contribution in [0.1, 0.15) is 51.0 Å². The highest BCUT2D eigenvalue weighted by atomic mass is 35.5. The lowest BCUT2D eigenvalue weighted by atomic mass is 9.96. The molecule has 0 radical (unpaired) electrons. The third-order valence-electron chi connectivity index (χ3n) is 4.87. The van der Waals surface area contributed by atoms with Crippen molar-refractivity contribution in [2.24, 2.45) is 0 Å². The molecule has 3 heterocycles. The van der Waals surface area contributed by atoms with Gasteiger partial charge in [-0.05, 0) is 31.7 Å². The van der Waals surface area contributed by atoms with Crippen molar-refractivity contribution in [3.8, 4) is 11.1 Å². The molecule has 142 valence electrons. The van der Waals surface area contributed by atoms with Gasteiger partial charge in [0.2, 0.25) is 0 Å². The van der Waals surface area contributed by atoms with Gasteiger partial charge in [-0.25, -0.2) is 4.98 Å². The summed E-state index contributed by atoms with van der Waals surface area (Å²) in [5.41, 5.74) is 7.62. The van der Waals surface area contributed by atoms with Crippen LogP contribution in [0.4, 0.5) is 5.82 Å². The smallest absolute Gasteiger partial charge is 0.124 e. The van der Waals surface area contributed by atoms with Crippen molar-refractivity contribution in [1.82, 2.24) is 14.8 Å². The van der Waals surface area contributed by atoms with Gasteiger partial charge in [-0.2, -0.15) is 5.10 Å². The van der Waals surface area contributed by atoms with Gasteiger partial charge in [-0.15, -0.1) is 0 Å². The molecule has 0 bridgehead atoms. The van der Waals surface area contributed by atoms with Crippen molar-refractivity contribution < 1.29 is 9.84 Å². The molecule has 2 aromatic rings. The monoisotopic (exact) mass is 378 g/mol. The van der Waals surface area contributed by atoms with E-state index in [4.69, 9.17) is 27.2 Å². The Bertz CT molecular complexity index is 695. The SMILES string of the molecule is Nc1cc(-c2cnn(C3CCCCC3)c2)c(Cl)cn1.OC1CCCOC1. The number of nitrogens with zero attached hydrogens (tertiary/aromatic N) is 3. The fourth-order valence-electron chi connectivity index (χ4n) is 3.42. The molecule has 0 amide bonds. The molecule has 4 rings (SSSR count). The molecule has 1 aliphatic carbocycles. The summed E-state index contributed by atoms with van der Waals surface area (Å²) < 4.78 is 7.00. The Balaban J connectivity index is 0.000000236. The number of anilines is 1. The Morgan fingerprint density at radius 2 is 1.96 bits per heavy atom. The zero-order valence-corrected chi connectivity index (χ0v) is 15.7. The van der Waals surface area contributed by atoms with Gasteiger partial charge in [-0.3, -0.25) is 4.68 Å². The Morgan fingerprint density at radius 1 is 1.15 bits per heavy atom. The second-order valence-electron chi connectivity index (χ2n) is 6.96. The molecule has 2 aliphatic rings. The number of ether oxygens (including phenoxy) is 1. The highest BCUT2D eigenvalue weighted by molar-refractivity contribution is 6.33. The number of pyridine rings is 1. The number of halogens is 1. The fraction of sp³-hybridized carbons (Fsp3) is 0.579. The third kappa shape index (κ3) is 5.19. The van der Waals surface area contributed by atoms with Crippen molar-refractivity contribution in [3.63, 3.8) is 0 Å². The van der Waals surface area contributed by atoms with Gasteiger partial charge < -0.3 is 15.6 Å². The summed E-state index contributed by atoms with van der Waals surface area (Å²) in [6.45, 7) is 1.37. The van der Waals surface area contributed by atoms with Gasteiger partial charge in [0.25, 0.3) is 0 Å². The first kappa shape index (κ1) is 19.1. The standard InChI is InChI=1S/C14H17ClN4.C5H10O2/c15-13-8-17-14(16)6-12(13)10-7-18-19(9-10)11-4-2-1-3-5-11;6-5-2-1-3-7-4-5/h6-9,11H,1-5H2,(H2,16,17);5-6H,1-4H2. The summed E-state index contributed by atoms with van der Waals surface area (Å²) in [4.78, 5) is 3.98. The second kappa shape index (κ2) is 9.35. The maximum Gasteiger partial charge on any atom is 0.124 e.